The smallest absolute Gasteiger partial charge is 0.0813 e. The van der Waals surface area contributed by atoms with E-state index < -0.39 is 0 Å². The van der Waals surface area contributed by atoms with Crippen LogP contribution in [0.2, 0.25) is 0 Å². The van der Waals surface area contributed by atoms with Crippen LogP contribution in [0.5, 0.6) is 0 Å². The number of hydrogen-bond acceptors (Lipinski definition) is 4. The van der Waals surface area contributed by atoms with Gasteiger partial charge in [0.2, 0.25) is 0 Å². The highest BCUT2D eigenvalue weighted by Crippen LogP contribution is 2.22. The van der Waals surface area contributed by atoms with Gasteiger partial charge in [-0.2, -0.15) is 0 Å². The molecular formula is C14H13N3S. The molecule has 0 radical (unpaired) electrons. The van der Waals surface area contributed by atoms with E-state index in [1.165, 1.54) is 15.8 Å². The minimum atomic E-state index is 0.791. The van der Waals surface area contributed by atoms with Crippen LogP contribution in [0.3, 0.4) is 0 Å². The molecule has 2 heterocycles. The fourth-order valence-corrected chi connectivity index (χ4v) is 2.60. The van der Waals surface area contributed by atoms with Gasteiger partial charge in [0.25, 0.3) is 0 Å². The molecule has 0 saturated heterocycles. The van der Waals surface area contributed by atoms with Crippen LogP contribution in [0.1, 0.15) is 11.1 Å². The lowest BCUT2D eigenvalue weighted by Crippen LogP contribution is -1.99. The first-order valence-electron chi connectivity index (χ1n) is 5.79. The number of nitrogens with zero attached hydrogens (tertiary/aromatic N) is 2. The maximum absolute atomic E-state index is 4.27. The molecule has 0 saturated carbocycles. The van der Waals surface area contributed by atoms with E-state index >= 15 is 0 Å². The lowest BCUT2D eigenvalue weighted by atomic mass is 10.2. The van der Waals surface area contributed by atoms with E-state index in [2.05, 4.69) is 40.4 Å². The summed E-state index contributed by atoms with van der Waals surface area (Å²) in [5.41, 5.74) is 6.43. The topological polar surface area (TPSA) is 37.8 Å². The van der Waals surface area contributed by atoms with Crippen molar-refractivity contribution < 1.29 is 0 Å². The molecule has 18 heavy (non-hydrogen) atoms. The molecule has 2 aromatic heterocycles. The summed E-state index contributed by atoms with van der Waals surface area (Å²) in [7, 11) is 0. The summed E-state index contributed by atoms with van der Waals surface area (Å²) in [4.78, 5) is 8.46. The molecule has 0 fully saturated rings. The zero-order chi connectivity index (χ0) is 12.4. The van der Waals surface area contributed by atoms with Gasteiger partial charge in [-0.15, -0.1) is 11.3 Å². The number of benzene rings is 1. The lowest BCUT2D eigenvalue weighted by molar-refractivity contribution is 1.10. The minimum Gasteiger partial charge on any atom is -0.381 e. The first-order valence-corrected chi connectivity index (χ1v) is 6.67. The predicted molar refractivity (Wildman–Crippen MR) is 75.9 cm³/mol. The Kier molecular flexibility index (Phi) is 2.94. The third kappa shape index (κ3) is 2.33. The number of hydrogen-bond donors (Lipinski definition) is 1. The Bertz CT molecular complexity index is 675. The Morgan fingerprint density at radius 1 is 1.22 bits per heavy atom. The Morgan fingerprint density at radius 3 is 3.06 bits per heavy atom. The van der Waals surface area contributed by atoms with E-state index in [1.807, 2.05) is 24.0 Å². The summed E-state index contributed by atoms with van der Waals surface area (Å²) < 4.78 is 1.21. The summed E-state index contributed by atoms with van der Waals surface area (Å²) >= 11 is 1.66. The van der Waals surface area contributed by atoms with Crippen molar-refractivity contribution in [1.29, 1.82) is 0 Å². The highest BCUT2D eigenvalue weighted by atomic mass is 32.1. The van der Waals surface area contributed by atoms with Crippen LogP contribution in [-0.4, -0.2) is 9.97 Å². The second-order valence-electron chi connectivity index (χ2n) is 4.26. The predicted octanol–water partition coefficient (Wildman–Crippen LogP) is 3.61. The number of rotatable bonds is 3. The van der Waals surface area contributed by atoms with E-state index in [0.717, 1.165) is 17.7 Å². The summed E-state index contributed by atoms with van der Waals surface area (Å²) in [6.07, 6.45) is 3.76. The zero-order valence-electron chi connectivity index (χ0n) is 10.1. The zero-order valence-corrected chi connectivity index (χ0v) is 10.9. The SMILES string of the molecule is Cc1cncc(CNc2ccc3ncsc3c2)c1. The second-order valence-corrected chi connectivity index (χ2v) is 5.15. The van der Waals surface area contributed by atoms with Crippen molar-refractivity contribution in [3.8, 4) is 0 Å². The van der Waals surface area contributed by atoms with E-state index in [1.54, 1.807) is 11.3 Å². The van der Waals surface area contributed by atoms with Crippen LogP contribution in [0.15, 0.2) is 42.2 Å². The molecule has 4 heteroatoms. The maximum Gasteiger partial charge on any atom is 0.0813 e. The average molecular weight is 255 g/mol. The summed E-state index contributed by atoms with van der Waals surface area (Å²) in [5, 5.41) is 3.41. The Hall–Kier alpha value is -1.94. The second kappa shape index (κ2) is 4.74. The summed E-state index contributed by atoms with van der Waals surface area (Å²) in [6.45, 7) is 2.85. The van der Waals surface area contributed by atoms with E-state index in [-0.39, 0.29) is 0 Å². The Labute approximate surface area is 110 Å². The van der Waals surface area contributed by atoms with Crippen LogP contribution in [0.25, 0.3) is 10.2 Å². The fourth-order valence-electron chi connectivity index (χ4n) is 1.88. The number of pyridine rings is 1. The first kappa shape index (κ1) is 11.2. The molecule has 3 nitrogen and oxygen atoms in total. The maximum atomic E-state index is 4.27. The third-order valence-corrected chi connectivity index (χ3v) is 3.55. The molecule has 0 aliphatic rings. The van der Waals surface area contributed by atoms with Crippen molar-refractivity contribution in [2.75, 3.05) is 5.32 Å². The average Bonchev–Trinajstić information content (AvgIpc) is 2.84. The number of aryl methyl sites for hydroxylation is 1. The van der Waals surface area contributed by atoms with Crippen molar-refractivity contribution in [2.24, 2.45) is 0 Å². The Balaban J connectivity index is 1.76. The molecule has 0 unspecified atom stereocenters. The van der Waals surface area contributed by atoms with Crippen LogP contribution >= 0.6 is 11.3 Å². The van der Waals surface area contributed by atoms with Crippen LogP contribution in [-0.2, 0) is 6.54 Å². The monoisotopic (exact) mass is 255 g/mol. The fraction of sp³-hybridized carbons (Fsp3) is 0.143. The number of thiazole rings is 1. The van der Waals surface area contributed by atoms with Gasteiger partial charge in [-0.25, -0.2) is 4.98 Å². The van der Waals surface area contributed by atoms with Crippen molar-refractivity contribution in [2.45, 2.75) is 13.5 Å². The largest absolute Gasteiger partial charge is 0.381 e. The Morgan fingerprint density at radius 2 is 2.17 bits per heavy atom. The molecule has 0 bridgehead atoms. The number of anilines is 1. The molecule has 3 rings (SSSR count). The van der Waals surface area contributed by atoms with Crippen molar-refractivity contribution in [1.82, 2.24) is 9.97 Å². The molecule has 1 N–H and O–H groups in total. The normalized spacial score (nSPS) is 10.7. The van der Waals surface area contributed by atoms with Crippen LogP contribution in [0.4, 0.5) is 5.69 Å². The summed E-state index contributed by atoms with van der Waals surface area (Å²) in [6, 6.07) is 8.38. The van der Waals surface area contributed by atoms with Crippen molar-refractivity contribution in [3.05, 3.63) is 53.3 Å². The molecule has 1 aromatic carbocycles. The van der Waals surface area contributed by atoms with Gasteiger partial charge in [0, 0.05) is 24.6 Å². The standard InChI is InChI=1S/C14H13N3S/c1-10-4-11(7-15-6-10)8-16-12-2-3-13-14(5-12)18-9-17-13/h2-7,9,16H,8H2,1H3. The number of aromatic nitrogens is 2. The highest BCUT2D eigenvalue weighted by molar-refractivity contribution is 7.16. The van der Waals surface area contributed by atoms with Gasteiger partial charge in [0.15, 0.2) is 0 Å². The molecule has 0 aliphatic carbocycles. The summed E-state index contributed by atoms with van der Waals surface area (Å²) in [5.74, 6) is 0. The van der Waals surface area contributed by atoms with Crippen LogP contribution < -0.4 is 5.32 Å². The van der Waals surface area contributed by atoms with Gasteiger partial charge < -0.3 is 5.32 Å². The third-order valence-electron chi connectivity index (χ3n) is 2.76. The van der Waals surface area contributed by atoms with Gasteiger partial charge in [-0.1, -0.05) is 6.07 Å². The molecular weight excluding hydrogens is 242 g/mol. The van der Waals surface area contributed by atoms with Gasteiger partial charge in [0.1, 0.15) is 0 Å². The molecule has 90 valence electrons. The molecule has 0 aliphatic heterocycles. The highest BCUT2D eigenvalue weighted by Gasteiger charge is 1.99. The first-order chi connectivity index (χ1) is 8.81. The van der Waals surface area contributed by atoms with E-state index in [0.29, 0.717) is 0 Å². The minimum absolute atomic E-state index is 0.791. The molecule has 0 atom stereocenters. The van der Waals surface area contributed by atoms with Gasteiger partial charge in [-0.05, 0) is 36.2 Å². The van der Waals surface area contributed by atoms with Gasteiger partial charge in [-0.3, -0.25) is 4.98 Å². The molecule has 0 spiro atoms. The molecule has 3 aromatic rings. The van der Waals surface area contributed by atoms with E-state index in [4.69, 9.17) is 0 Å². The van der Waals surface area contributed by atoms with Crippen LogP contribution in [0, 0.1) is 6.92 Å². The molecule has 0 amide bonds. The quantitative estimate of drug-likeness (QED) is 0.777. The van der Waals surface area contributed by atoms with Gasteiger partial charge in [0.05, 0.1) is 15.7 Å². The van der Waals surface area contributed by atoms with Crippen molar-refractivity contribution >= 4 is 27.2 Å². The van der Waals surface area contributed by atoms with E-state index in [9.17, 15) is 0 Å². The van der Waals surface area contributed by atoms with Crippen molar-refractivity contribution in [3.63, 3.8) is 0 Å². The lowest BCUT2D eigenvalue weighted by Gasteiger charge is -2.06. The van der Waals surface area contributed by atoms with Gasteiger partial charge >= 0.3 is 0 Å². The number of nitrogens with one attached hydrogen (secondary N) is 1. The number of fused-ring (bicyclic) bond motifs is 1.